The fourth-order valence-corrected chi connectivity index (χ4v) is 3.21. The predicted molar refractivity (Wildman–Crippen MR) is 95.0 cm³/mol. The zero-order valence-electron chi connectivity index (χ0n) is 14.0. The number of carbonyl (C=O) groups excluding carboxylic acids is 2. The molecule has 3 aromatic rings. The molecule has 1 aliphatic heterocycles. The number of nitrogens with zero attached hydrogens (tertiary/aromatic N) is 3. The topological polar surface area (TPSA) is 80.4 Å². The lowest BCUT2D eigenvalue weighted by Crippen LogP contribution is -2.43. The van der Waals surface area contributed by atoms with Crippen LogP contribution < -0.4 is 5.32 Å². The summed E-state index contributed by atoms with van der Waals surface area (Å²) in [5.41, 5.74) is 1.99. The Balaban J connectivity index is 1.49. The van der Waals surface area contributed by atoms with E-state index >= 15 is 0 Å². The monoisotopic (exact) mass is 350 g/mol. The second kappa shape index (κ2) is 6.87. The van der Waals surface area contributed by atoms with Crippen LogP contribution in [0.3, 0.4) is 0 Å². The molecule has 1 fully saturated rings. The maximum absolute atomic E-state index is 12.7. The lowest BCUT2D eigenvalue weighted by atomic mass is 10.2. The third-order valence-corrected chi connectivity index (χ3v) is 4.47. The van der Waals surface area contributed by atoms with Gasteiger partial charge in [0, 0.05) is 24.6 Å². The summed E-state index contributed by atoms with van der Waals surface area (Å²) in [6, 6.07) is 10.4. The van der Waals surface area contributed by atoms with Crippen molar-refractivity contribution in [3.63, 3.8) is 0 Å². The Bertz CT molecular complexity index is 903. The molecule has 1 atom stereocenters. The average molecular weight is 350 g/mol. The molecule has 3 heterocycles. The molecule has 132 valence electrons. The number of aromatic nitrogens is 2. The molecule has 1 aromatic carbocycles. The first-order valence-corrected chi connectivity index (χ1v) is 8.46. The summed E-state index contributed by atoms with van der Waals surface area (Å²) in [6.45, 7) is 0.565. The molecular formula is C19H18N4O3. The van der Waals surface area contributed by atoms with Crippen LogP contribution >= 0.6 is 0 Å². The summed E-state index contributed by atoms with van der Waals surface area (Å²) < 4.78 is 6.70. The van der Waals surface area contributed by atoms with E-state index in [-0.39, 0.29) is 11.8 Å². The number of furan rings is 1. The summed E-state index contributed by atoms with van der Waals surface area (Å²) in [4.78, 5) is 26.9. The molecule has 7 nitrogen and oxygen atoms in total. The Morgan fingerprint density at radius 2 is 2.15 bits per heavy atom. The average Bonchev–Trinajstić information content (AvgIpc) is 3.44. The predicted octanol–water partition coefficient (Wildman–Crippen LogP) is 2.71. The lowest BCUT2D eigenvalue weighted by molar-refractivity contribution is -0.119. The SMILES string of the molecule is O=C(Nc1cccc(-n2cccn2)c1)C1CCCN1C(=O)c1ccoc1. The first-order valence-electron chi connectivity index (χ1n) is 8.46. The maximum Gasteiger partial charge on any atom is 0.257 e. The number of anilines is 1. The number of carbonyl (C=O) groups is 2. The van der Waals surface area contributed by atoms with Gasteiger partial charge in [-0.3, -0.25) is 9.59 Å². The van der Waals surface area contributed by atoms with Gasteiger partial charge in [0.05, 0.1) is 17.5 Å². The van der Waals surface area contributed by atoms with Crippen LogP contribution in [0.25, 0.3) is 5.69 Å². The summed E-state index contributed by atoms with van der Waals surface area (Å²) in [5.74, 6) is -0.362. The largest absolute Gasteiger partial charge is 0.472 e. The van der Waals surface area contributed by atoms with Gasteiger partial charge in [0.25, 0.3) is 5.91 Å². The summed E-state index contributed by atoms with van der Waals surface area (Å²) in [5, 5.41) is 7.11. The Hall–Kier alpha value is -3.35. The number of nitrogens with one attached hydrogen (secondary N) is 1. The van der Waals surface area contributed by atoms with Gasteiger partial charge in [0.15, 0.2) is 0 Å². The van der Waals surface area contributed by atoms with Crippen molar-refractivity contribution in [3.8, 4) is 5.69 Å². The van der Waals surface area contributed by atoms with Gasteiger partial charge < -0.3 is 14.6 Å². The minimum Gasteiger partial charge on any atom is -0.472 e. The molecule has 1 saturated heterocycles. The summed E-state index contributed by atoms with van der Waals surface area (Å²) >= 11 is 0. The Morgan fingerprint density at radius 3 is 2.92 bits per heavy atom. The van der Waals surface area contributed by atoms with Crippen LogP contribution in [-0.2, 0) is 4.79 Å². The minimum absolute atomic E-state index is 0.179. The van der Waals surface area contributed by atoms with Gasteiger partial charge in [0.1, 0.15) is 12.3 Å². The zero-order chi connectivity index (χ0) is 17.9. The number of rotatable bonds is 4. The molecule has 0 saturated carbocycles. The van der Waals surface area contributed by atoms with E-state index in [1.165, 1.54) is 12.5 Å². The molecule has 0 spiro atoms. The Labute approximate surface area is 150 Å². The van der Waals surface area contributed by atoms with Gasteiger partial charge in [-0.25, -0.2) is 4.68 Å². The van der Waals surface area contributed by atoms with Gasteiger partial charge >= 0.3 is 0 Å². The van der Waals surface area contributed by atoms with Crippen molar-refractivity contribution in [2.24, 2.45) is 0 Å². The molecule has 0 aliphatic carbocycles. The highest BCUT2D eigenvalue weighted by molar-refractivity contribution is 6.01. The van der Waals surface area contributed by atoms with Crippen LogP contribution in [0.4, 0.5) is 5.69 Å². The molecule has 26 heavy (non-hydrogen) atoms. The van der Waals surface area contributed by atoms with E-state index in [1.54, 1.807) is 21.8 Å². The van der Waals surface area contributed by atoms with Crippen LogP contribution in [0.5, 0.6) is 0 Å². The molecular weight excluding hydrogens is 332 g/mol. The quantitative estimate of drug-likeness (QED) is 0.784. The van der Waals surface area contributed by atoms with Crippen molar-refractivity contribution in [1.82, 2.24) is 14.7 Å². The third kappa shape index (κ3) is 3.11. The first-order chi connectivity index (χ1) is 12.7. The van der Waals surface area contributed by atoms with Crippen molar-refractivity contribution in [2.45, 2.75) is 18.9 Å². The number of hydrogen-bond donors (Lipinski definition) is 1. The van der Waals surface area contributed by atoms with Gasteiger partial charge in [-0.1, -0.05) is 6.07 Å². The van der Waals surface area contributed by atoms with Crippen molar-refractivity contribution in [1.29, 1.82) is 0 Å². The van der Waals surface area contributed by atoms with E-state index in [4.69, 9.17) is 4.42 Å². The molecule has 1 unspecified atom stereocenters. The van der Waals surface area contributed by atoms with Crippen molar-refractivity contribution >= 4 is 17.5 Å². The zero-order valence-corrected chi connectivity index (χ0v) is 14.0. The summed E-state index contributed by atoms with van der Waals surface area (Å²) in [7, 11) is 0. The van der Waals surface area contributed by atoms with Crippen molar-refractivity contribution in [2.75, 3.05) is 11.9 Å². The van der Waals surface area contributed by atoms with E-state index in [0.29, 0.717) is 24.2 Å². The van der Waals surface area contributed by atoms with Gasteiger partial charge in [-0.05, 0) is 43.2 Å². The molecule has 4 rings (SSSR count). The molecule has 0 bridgehead atoms. The van der Waals surface area contributed by atoms with Crippen LogP contribution in [0, 0.1) is 0 Å². The second-order valence-electron chi connectivity index (χ2n) is 6.16. The Morgan fingerprint density at radius 1 is 1.23 bits per heavy atom. The normalized spacial score (nSPS) is 16.6. The van der Waals surface area contributed by atoms with E-state index < -0.39 is 6.04 Å². The van der Waals surface area contributed by atoms with Crippen LogP contribution in [-0.4, -0.2) is 39.1 Å². The second-order valence-corrected chi connectivity index (χ2v) is 6.16. The van der Waals surface area contributed by atoms with Gasteiger partial charge in [0.2, 0.25) is 5.91 Å². The molecule has 7 heteroatoms. The number of amides is 2. The molecule has 2 aromatic heterocycles. The minimum atomic E-state index is -0.481. The van der Waals surface area contributed by atoms with Crippen LogP contribution in [0.1, 0.15) is 23.2 Å². The summed E-state index contributed by atoms with van der Waals surface area (Å²) in [6.07, 6.45) is 7.85. The molecule has 1 N–H and O–H groups in total. The highest BCUT2D eigenvalue weighted by atomic mass is 16.3. The fourth-order valence-electron chi connectivity index (χ4n) is 3.21. The van der Waals surface area contributed by atoms with E-state index in [1.807, 2.05) is 36.5 Å². The Kier molecular flexibility index (Phi) is 4.27. The van der Waals surface area contributed by atoms with Gasteiger partial charge in [-0.15, -0.1) is 0 Å². The molecule has 0 radical (unpaired) electrons. The van der Waals surface area contributed by atoms with Crippen LogP contribution in [0.15, 0.2) is 65.7 Å². The smallest absolute Gasteiger partial charge is 0.257 e. The van der Waals surface area contributed by atoms with E-state index in [2.05, 4.69) is 10.4 Å². The highest BCUT2D eigenvalue weighted by Gasteiger charge is 2.34. The van der Waals surface area contributed by atoms with E-state index in [9.17, 15) is 9.59 Å². The van der Waals surface area contributed by atoms with Crippen molar-refractivity contribution in [3.05, 3.63) is 66.9 Å². The third-order valence-electron chi connectivity index (χ3n) is 4.47. The van der Waals surface area contributed by atoms with Crippen LogP contribution in [0.2, 0.25) is 0 Å². The number of hydrogen-bond acceptors (Lipinski definition) is 4. The molecule has 2 amide bonds. The highest BCUT2D eigenvalue weighted by Crippen LogP contribution is 2.22. The van der Waals surface area contributed by atoms with Crippen molar-refractivity contribution < 1.29 is 14.0 Å². The first kappa shape index (κ1) is 16.1. The lowest BCUT2D eigenvalue weighted by Gasteiger charge is -2.23. The standard InChI is InChI=1S/C19H18N4O3/c24-18(17-6-2-9-22(17)19(25)14-7-11-26-13-14)21-15-4-1-5-16(12-15)23-10-3-8-20-23/h1,3-5,7-8,10-13,17H,2,6,9H2,(H,21,24). The fraction of sp³-hybridized carbons (Fsp3) is 0.211. The van der Waals surface area contributed by atoms with E-state index in [0.717, 1.165) is 12.1 Å². The molecule has 1 aliphatic rings. The number of benzene rings is 1. The number of likely N-dealkylation sites (tertiary alicyclic amines) is 1. The maximum atomic E-state index is 12.7. The van der Waals surface area contributed by atoms with Gasteiger partial charge in [-0.2, -0.15) is 5.10 Å².